The van der Waals surface area contributed by atoms with Gasteiger partial charge in [0.2, 0.25) is 0 Å². The smallest absolute Gasteiger partial charge is 0.550 e. The van der Waals surface area contributed by atoms with Crippen molar-refractivity contribution in [2.75, 3.05) is 0 Å². The summed E-state index contributed by atoms with van der Waals surface area (Å²) in [5, 5.41) is 90.7. The van der Waals surface area contributed by atoms with E-state index in [9.17, 15) is 19.8 Å². The summed E-state index contributed by atoms with van der Waals surface area (Å²) in [5.74, 6) is 5.66. The molecule has 16 N–H and O–H groups in total. The number of hydrogen-bond acceptors (Lipinski definition) is 20. The molecule has 34 atom stereocenters. The molecular weight excluding hydrogens is 1140 g/mol. The Morgan fingerprint density at radius 1 is 0.195 bits per heavy atom. The average molecular weight is 1250 g/mol. The van der Waals surface area contributed by atoms with Crippen LogP contribution in [0.2, 0.25) is 0 Å². The van der Waals surface area contributed by atoms with Gasteiger partial charge in [0.15, 0.2) is 0 Å². The van der Waals surface area contributed by atoms with E-state index < -0.39 is 23.8 Å². The molecule has 87 heavy (non-hydrogen) atoms. The van der Waals surface area contributed by atoms with Crippen molar-refractivity contribution in [2.45, 2.75) is 291 Å². The average Bonchev–Trinajstić information content (AvgIpc) is 1.98. The molecule has 485 valence electrons. The van der Waals surface area contributed by atoms with Crippen LogP contribution in [0.5, 0.6) is 0 Å². The van der Waals surface area contributed by atoms with Gasteiger partial charge in [0.05, 0.1) is 98.7 Å². The van der Waals surface area contributed by atoms with E-state index in [1.54, 1.807) is 0 Å². The van der Waals surface area contributed by atoms with Crippen LogP contribution in [-0.2, 0) is 26.7 Å². The molecule has 0 amide bonds. The molecule has 10 saturated heterocycles. The van der Waals surface area contributed by atoms with Gasteiger partial charge in [-0.1, -0.05) is 89.9 Å². The van der Waals surface area contributed by atoms with Crippen LogP contribution < -0.4 is 95.3 Å². The third-order valence-corrected chi connectivity index (χ3v) is 28.4. The number of carbonyl (C=O) groups is 2. The van der Waals surface area contributed by atoms with Crippen molar-refractivity contribution >= 4 is 11.9 Å². The molecule has 8 saturated carbocycles. The zero-order valence-corrected chi connectivity index (χ0v) is 53.0. The van der Waals surface area contributed by atoms with E-state index in [0.717, 1.165) is 38.5 Å². The molecule has 1 radical (unpaired) electrons. The van der Waals surface area contributed by atoms with Crippen molar-refractivity contribution in [2.24, 2.45) is 107 Å². The minimum absolute atomic E-state index is 0. The third-order valence-electron chi connectivity index (χ3n) is 28.4. The fraction of sp³-hybridized carbons (Fsp3) is 0.970. The van der Waals surface area contributed by atoms with Gasteiger partial charge in [-0.2, -0.15) is 0 Å². The Bertz CT molecular complexity index is 2260. The van der Waals surface area contributed by atoms with E-state index >= 15 is 0 Å². The second kappa shape index (κ2) is 25.5. The number of carboxylic acid groups (broad SMARTS) is 2. The summed E-state index contributed by atoms with van der Waals surface area (Å²) >= 11 is 0. The molecule has 0 aromatic rings. The Morgan fingerprint density at radius 2 is 0.333 bits per heavy atom. The molecule has 20 nitrogen and oxygen atoms in total. The van der Waals surface area contributed by atoms with Gasteiger partial charge in [0.25, 0.3) is 0 Å². The largest absolute Gasteiger partial charge is 2.00 e. The zero-order chi connectivity index (χ0) is 57.3. The van der Waals surface area contributed by atoms with Crippen molar-refractivity contribution < 1.29 is 36.9 Å². The molecule has 18 rings (SSSR count). The van der Waals surface area contributed by atoms with Crippen molar-refractivity contribution in [3.8, 4) is 0 Å². The van der Waals surface area contributed by atoms with Crippen LogP contribution in [0.1, 0.15) is 193 Å². The van der Waals surface area contributed by atoms with E-state index in [2.05, 4.69) is 85.1 Å². The van der Waals surface area contributed by atoms with Crippen molar-refractivity contribution in [3.63, 3.8) is 0 Å². The Hall–Kier alpha value is -1.18. The van der Waals surface area contributed by atoms with Crippen LogP contribution in [0.4, 0.5) is 0 Å². The van der Waals surface area contributed by atoms with E-state index in [4.69, 9.17) is 0 Å². The van der Waals surface area contributed by atoms with Crippen LogP contribution in [0, 0.1) is 107 Å². The summed E-state index contributed by atoms with van der Waals surface area (Å²) in [6.45, 7) is 0. The minimum Gasteiger partial charge on any atom is -0.550 e. The first-order chi connectivity index (χ1) is 42.2. The summed E-state index contributed by atoms with van der Waals surface area (Å²) in [6, 6.07) is 0. The summed E-state index contributed by atoms with van der Waals surface area (Å²) < 4.78 is 0. The normalized spacial score (nSPS) is 55.4. The van der Waals surface area contributed by atoms with Crippen LogP contribution in [0.15, 0.2) is 0 Å². The monoisotopic (exact) mass is 1250 g/mol. The second-order valence-corrected chi connectivity index (χ2v) is 32.2. The first-order valence-corrected chi connectivity index (χ1v) is 36.8. The van der Waals surface area contributed by atoms with Crippen molar-refractivity contribution in [1.29, 1.82) is 0 Å². The number of fused-ring (bicyclic) bond motifs is 40. The fourth-order valence-corrected chi connectivity index (χ4v) is 24.7. The van der Waals surface area contributed by atoms with Gasteiger partial charge in [-0.3, -0.25) is 85.1 Å². The first-order valence-electron chi connectivity index (χ1n) is 36.8. The van der Waals surface area contributed by atoms with Crippen LogP contribution in [-0.4, -0.2) is 111 Å². The maximum Gasteiger partial charge on any atom is 2.00 e. The molecule has 21 heteroatoms. The summed E-state index contributed by atoms with van der Waals surface area (Å²) in [4.78, 5) is 25.0. The Balaban J connectivity index is 0.000000139. The molecule has 8 aliphatic carbocycles. The summed E-state index contributed by atoms with van der Waals surface area (Å²) in [7, 11) is 0. The topological polar surface area (TPSA) is 273 Å². The number of carboxylic acids is 2. The Morgan fingerprint density at radius 3 is 0.494 bits per heavy atom. The molecular formula is C66H110MnN16O4. The van der Waals surface area contributed by atoms with Gasteiger partial charge in [-0.25, -0.2) is 0 Å². The summed E-state index contributed by atoms with van der Waals surface area (Å²) in [5.41, 5.74) is 0. The molecule has 18 fully saturated rings. The summed E-state index contributed by atoms with van der Waals surface area (Å²) in [6.07, 6.45) is 40.3. The van der Waals surface area contributed by atoms with Gasteiger partial charge in [0.1, 0.15) is 0 Å². The van der Waals surface area contributed by atoms with Crippen molar-refractivity contribution in [3.05, 3.63) is 0 Å². The van der Waals surface area contributed by atoms with E-state index in [-0.39, 0.29) is 90.6 Å². The molecule has 0 spiro atoms. The van der Waals surface area contributed by atoms with E-state index in [0.29, 0.717) is 120 Å². The van der Waals surface area contributed by atoms with Gasteiger partial charge in [0, 0.05) is 35.6 Å². The predicted octanol–water partition coefficient (Wildman–Crippen LogP) is 1.16. The van der Waals surface area contributed by atoms with E-state index in [1.807, 2.05) is 0 Å². The first kappa shape index (κ1) is 60.7. The van der Waals surface area contributed by atoms with E-state index in [1.165, 1.54) is 154 Å². The number of aliphatic carboxylic acids is 2. The zero-order valence-electron chi connectivity index (χ0n) is 51.9. The van der Waals surface area contributed by atoms with Crippen LogP contribution in [0.25, 0.3) is 0 Å². The fourth-order valence-electron chi connectivity index (χ4n) is 24.7. The second-order valence-electron chi connectivity index (χ2n) is 32.2. The predicted molar refractivity (Wildman–Crippen MR) is 322 cm³/mol. The maximum absolute atomic E-state index is 12.5. The molecule has 0 aromatic carbocycles. The van der Waals surface area contributed by atoms with Gasteiger partial charge >= 0.3 is 17.1 Å². The standard InChI is InChI=1S/2C33H56N8O2.Mn/c2*42-33(43)23-15-7-14-22-24(23)32-40-30-21-13-6-5-12-20(21)28(38-30)36-26-17-9-2-1-8-16(17)25(34-26)35-27-18-10-3-4-11-19(18)29(37-27)39-31(22)41-32;/h2*16-32,34-41H,1-15H2,(H,42,43);/q;;+2/p-2. The number of carbonyl (C=O) groups excluding carboxylic acids is 2. The van der Waals surface area contributed by atoms with Crippen LogP contribution in [0.3, 0.4) is 0 Å². The van der Waals surface area contributed by atoms with Gasteiger partial charge in [-0.05, 0) is 186 Å². The molecule has 16 bridgehead atoms. The van der Waals surface area contributed by atoms with Crippen molar-refractivity contribution in [1.82, 2.24) is 85.1 Å². The molecule has 18 aliphatic rings. The Labute approximate surface area is 529 Å². The van der Waals surface area contributed by atoms with Crippen LogP contribution >= 0.6 is 0 Å². The molecule has 10 heterocycles. The number of nitrogens with one attached hydrogen (secondary N) is 16. The maximum atomic E-state index is 12.5. The quantitative estimate of drug-likeness (QED) is 0.173. The Kier molecular flexibility index (Phi) is 17.8. The SMILES string of the molecule is O=C([O-])C1CCCC2C3NC4NC(NC5NC(NC6NC(NC(N3)C12)C1CCCCC61)C1CCCCC51)C1CCCCC41.O=C([O-])C1CCCC2C3NC4NC(NC5NC(NC6NC(NC(N3)C12)C1CCCCC61)C1CCCCC51)C1CCCCC41.[Mn+2]. The number of hydrogen-bond donors (Lipinski definition) is 16. The van der Waals surface area contributed by atoms with Gasteiger partial charge < -0.3 is 19.8 Å². The minimum atomic E-state index is -0.857. The van der Waals surface area contributed by atoms with Gasteiger partial charge in [-0.15, -0.1) is 0 Å². The molecule has 10 aliphatic heterocycles. The number of rotatable bonds is 2. The molecule has 34 unspecified atom stereocenters. The molecule has 0 aromatic heterocycles. The third kappa shape index (κ3) is 11.1.